The smallest absolute Gasteiger partial charge is 0.241 e. The van der Waals surface area contributed by atoms with Gasteiger partial charge in [-0.05, 0) is 24.5 Å². The molecule has 2 aliphatic rings. The number of piperazine rings is 1. The SMILES string of the molecule is Cl.O=C(CN1CCNCC1c1ccccc1Cl)NCC(=O)N1CCCC1. The van der Waals surface area contributed by atoms with Crippen molar-refractivity contribution in [3.63, 3.8) is 0 Å². The minimum atomic E-state index is -0.119. The predicted octanol–water partition coefficient (Wildman–Crippen LogP) is 1.45. The number of benzene rings is 1. The van der Waals surface area contributed by atoms with E-state index < -0.39 is 0 Å². The standard InChI is InChI=1S/C18H25ClN4O2.ClH/c19-15-6-2-1-5-14(15)16-11-20-7-10-23(16)13-17(24)21-12-18(25)22-8-3-4-9-22;/h1-2,5-6,16,20H,3-4,7-13H2,(H,21,24);1H. The number of amides is 2. The Kier molecular flexibility index (Phi) is 8.15. The number of carbonyl (C=O) groups is 2. The number of halogens is 2. The van der Waals surface area contributed by atoms with Crippen molar-refractivity contribution < 1.29 is 9.59 Å². The average Bonchev–Trinajstić information content (AvgIpc) is 3.16. The van der Waals surface area contributed by atoms with Gasteiger partial charge in [0.1, 0.15) is 0 Å². The maximum Gasteiger partial charge on any atom is 0.241 e. The van der Waals surface area contributed by atoms with Crippen molar-refractivity contribution in [3.05, 3.63) is 34.9 Å². The van der Waals surface area contributed by atoms with Crippen molar-refractivity contribution in [3.8, 4) is 0 Å². The van der Waals surface area contributed by atoms with E-state index in [1.165, 1.54) is 0 Å². The molecule has 0 aliphatic carbocycles. The van der Waals surface area contributed by atoms with E-state index in [-0.39, 0.29) is 43.4 Å². The number of carbonyl (C=O) groups excluding carboxylic acids is 2. The van der Waals surface area contributed by atoms with Gasteiger partial charge >= 0.3 is 0 Å². The first kappa shape index (κ1) is 21.0. The molecule has 1 unspecified atom stereocenters. The number of hydrogen-bond acceptors (Lipinski definition) is 4. The lowest BCUT2D eigenvalue weighted by Gasteiger charge is -2.36. The number of nitrogens with one attached hydrogen (secondary N) is 2. The maximum absolute atomic E-state index is 12.3. The fourth-order valence-electron chi connectivity index (χ4n) is 3.48. The zero-order valence-electron chi connectivity index (χ0n) is 14.7. The van der Waals surface area contributed by atoms with Gasteiger partial charge in [0.25, 0.3) is 0 Å². The van der Waals surface area contributed by atoms with E-state index in [0.29, 0.717) is 5.02 Å². The highest BCUT2D eigenvalue weighted by molar-refractivity contribution is 6.31. The minimum Gasteiger partial charge on any atom is -0.346 e. The molecule has 1 aromatic rings. The Labute approximate surface area is 165 Å². The third kappa shape index (κ3) is 5.33. The van der Waals surface area contributed by atoms with Gasteiger partial charge in [0, 0.05) is 43.8 Å². The summed E-state index contributed by atoms with van der Waals surface area (Å²) in [5.74, 6) is -0.111. The Morgan fingerprint density at radius 3 is 2.65 bits per heavy atom. The average molecular weight is 401 g/mol. The first-order valence-electron chi connectivity index (χ1n) is 8.89. The molecule has 3 rings (SSSR count). The van der Waals surface area contributed by atoms with Crippen LogP contribution in [0.4, 0.5) is 0 Å². The first-order chi connectivity index (χ1) is 12.1. The van der Waals surface area contributed by atoms with Crippen LogP contribution in [0.5, 0.6) is 0 Å². The van der Waals surface area contributed by atoms with Gasteiger partial charge in [0.15, 0.2) is 0 Å². The van der Waals surface area contributed by atoms with Crippen LogP contribution < -0.4 is 10.6 Å². The molecule has 6 nitrogen and oxygen atoms in total. The number of hydrogen-bond donors (Lipinski definition) is 2. The van der Waals surface area contributed by atoms with Crippen LogP contribution in [0.25, 0.3) is 0 Å². The normalized spacial score (nSPS) is 20.5. The number of rotatable bonds is 5. The molecule has 2 fully saturated rings. The van der Waals surface area contributed by atoms with E-state index in [2.05, 4.69) is 15.5 Å². The summed E-state index contributed by atoms with van der Waals surface area (Å²) >= 11 is 6.33. The zero-order chi connectivity index (χ0) is 17.6. The lowest BCUT2D eigenvalue weighted by Crippen LogP contribution is -2.50. The molecule has 0 aromatic heterocycles. The summed E-state index contributed by atoms with van der Waals surface area (Å²) in [7, 11) is 0. The monoisotopic (exact) mass is 400 g/mol. The highest BCUT2D eigenvalue weighted by Gasteiger charge is 2.27. The summed E-state index contributed by atoms with van der Waals surface area (Å²) in [5, 5.41) is 6.84. The molecule has 0 bridgehead atoms. The molecule has 2 amide bonds. The Bertz CT molecular complexity index is 623. The van der Waals surface area contributed by atoms with Crippen LogP contribution in [-0.4, -0.2) is 67.4 Å². The van der Waals surface area contributed by atoms with Crippen molar-refractivity contribution in [1.29, 1.82) is 0 Å². The molecule has 0 spiro atoms. The second-order valence-corrected chi connectivity index (χ2v) is 6.98. The number of likely N-dealkylation sites (tertiary alicyclic amines) is 1. The molecule has 0 radical (unpaired) electrons. The topological polar surface area (TPSA) is 64.7 Å². The lowest BCUT2D eigenvalue weighted by atomic mass is 10.0. The third-order valence-electron chi connectivity index (χ3n) is 4.86. The van der Waals surface area contributed by atoms with Crippen LogP contribution in [0.15, 0.2) is 24.3 Å². The molecule has 1 aromatic carbocycles. The molecule has 1 atom stereocenters. The Morgan fingerprint density at radius 1 is 1.19 bits per heavy atom. The fourth-order valence-corrected chi connectivity index (χ4v) is 3.74. The Morgan fingerprint density at radius 2 is 1.92 bits per heavy atom. The highest BCUT2D eigenvalue weighted by atomic mass is 35.5. The van der Waals surface area contributed by atoms with Gasteiger partial charge in [0.05, 0.1) is 13.1 Å². The summed E-state index contributed by atoms with van der Waals surface area (Å²) in [5.41, 5.74) is 1.03. The van der Waals surface area contributed by atoms with Crippen LogP contribution in [0.3, 0.4) is 0 Å². The van der Waals surface area contributed by atoms with Crippen molar-refractivity contribution in [1.82, 2.24) is 20.4 Å². The van der Waals surface area contributed by atoms with E-state index in [9.17, 15) is 9.59 Å². The van der Waals surface area contributed by atoms with Crippen LogP contribution in [0.2, 0.25) is 5.02 Å². The van der Waals surface area contributed by atoms with Gasteiger partial charge in [-0.25, -0.2) is 0 Å². The molecule has 26 heavy (non-hydrogen) atoms. The molecule has 2 heterocycles. The van der Waals surface area contributed by atoms with Gasteiger partial charge in [0.2, 0.25) is 11.8 Å². The van der Waals surface area contributed by atoms with E-state index in [0.717, 1.165) is 51.1 Å². The number of nitrogens with zero attached hydrogens (tertiary/aromatic N) is 2. The van der Waals surface area contributed by atoms with Gasteiger partial charge in [-0.2, -0.15) is 0 Å². The maximum atomic E-state index is 12.3. The van der Waals surface area contributed by atoms with Gasteiger partial charge in [-0.15, -0.1) is 12.4 Å². The third-order valence-corrected chi connectivity index (χ3v) is 5.20. The molecular formula is C18H26Cl2N4O2. The quantitative estimate of drug-likeness (QED) is 0.784. The Balaban J connectivity index is 0.00000243. The van der Waals surface area contributed by atoms with Crippen LogP contribution in [-0.2, 0) is 9.59 Å². The largest absolute Gasteiger partial charge is 0.346 e. The second kappa shape index (κ2) is 10.1. The van der Waals surface area contributed by atoms with Gasteiger partial charge in [-0.1, -0.05) is 29.8 Å². The molecule has 2 aliphatic heterocycles. The molecule has 2 N–H and O–H groups in total. The minimum absolute atomic E-state index is 0. The summed E-state index contributed by atoms with van der Waals surface area (Å²) in [6.45, 7) is 4.32. The van der Waals surface area contributed by atoms with E-state index >= 15 is 0 Å². The fraction of sp³-hybridized carbons (Fsp3) is 0.556. The van der Waals surface area contributed by atoms with Crippen LogP contribution in [0, 0.1) is 0 Å². The molecule has 144 valence electrons. The lowest BCUT2D eigenvalue weighted by molar-refractivity contribution is -0.132. The highest BCUT2D eigenvalue weighted by Crippen LogP contribution is 2.28. The first-order valence-corrected chi connectivity index (χ1v) is 9.26. The van der Waals surface area contributed by atoms with Gasteiger partial charge < -0.3 is 15.5 Å². The summed E-state index contributed by atoms with van der Waals surface area (Å²) < 4.78 is 0. The molecular weight excluding hydrogens is 375 g/mol. The summed E-state index contributed by atoms with van der Waals surface area (Å²) in [6, 6.07) is 7.80. The predicted molar refractivity (Wildman–Crippen MR) is 105 cm³/mol. The summed E-state index contributed by atoms with van der Waals surface area (Å²) in [6.07, 6.45) is 2.11. The van der Waals surface area contributed by atoms with Crippen molar-refractivity contribution >= 4 is 35.8 Å². The van der Waals surface area contributed by atoms with Crippen molar-refractivity contribution in [2.75, 3.05) is 45.8 Å². The van der Waals surface area contributed by atoms with E-state index in [1.54, 1.807) is 0 Å². The Hall–Kier alpha value is -1.34. The molecule has 8 heteroatoms. The van der Waals surface area contributed by atoms with Crippen LogP contribution in [0.1, 0.15) is 24.4 Å². The second-order valence-electron chi connectivity index (χ2n) is 6.58. The van der Waals surface area contributed by atoms with Crippen molar-refractivity contribution in [2.24, 2.45) is 0 Å². The summed E-state index contributed by atoms with van der Waals surface area (Å²) in [4.78, 5) is 28.3. The molecule has 0 saturated carbocycles. The molecule has 2 saturated heterocycles. The van der Waals surface area contributed by atoms with Crippen molar-refractivity contribution in [2.45, 2.75) is 18.9 Å². The zero-order valence-corrected chi connectivity index (χ0v) is 16.3. The van der Waals surface area contributed by atoms with Gasteiger partial charge in [-0.3, -0.25) is 14.5 Å². The van der Waals surface area contributed by atoms with E-state index in [4.69, 9.17) is 11.6 Å². The van der Waals surface area contributed by atoms with E-state index in [1.807, 2.05) is 29.2 Å². The van der Waals surface area contributed by atoms with Crippen LogP contribution >= 0.6 is 24.0 Å².